The molecule has 0 amide bonds. The van der Waals surface area contributed by atoms with E-state index in [1.54, 1.807) is 12.1 Å². The van der Waals surface area contributed by atoms with Crippen LogP contribution in [-0.4, -0.2) is 18.1 Å². The molecule has 1 aromatic carbocycles. The Balaban J connectivity index is 2.16. The molecule has 3 heteroatoms. The molecule has 19 heavy (non-hydrogen) atoms. The van der Waals surface area contributed by atoms with Crippen LogP contribution in [0, 0.1) is 11.2 Å². The average molecular weight is 258 g/mol. The van der Waals surface area contributed by atoms with E-state index < -0.39 is 0 Å². The molecule has 1 aliphatic heterocycles. The zero-order chi connectivity index (χ0) is 13.5. The highest BCUT2D eigenvalue weighted by atomic mass is 19.1. The lowest BCUT2D eigenvalue weighted by atomic mass is 9.70. The van der Waals surface area contributed by atoms with E-state index in [4.69, 9.17) is 0 Å². The van der Waals surface area contributed by atoms with Crippen molar-refractivity contribution in [3.05, 3.63) is 41.8 Å². The van der Waals surface area contributed by atoms with Crippen LogP contribution in [0.15, 0.2) is 30.5 Å². The summed E-state index contributed by atoms with van der Waals surface area (Å²) >= 11 is 0. The monoisotopic (exact) mass is 258 g/mol. The lowest BCUT2D eigenvalue weighted by molar-refractivity contribution is 0.220. The number of halogens is 1. The first-order valence-corrected chi connectivity index (χ1v) is 6.83. The highest BCUT2D eigenvalue weighted by Gasteiger charge is 2.34. The number of pyridine rings is 1. The Bertz CT molecular complexity index is 607. The van der Waals surface area contributed by atoms with E-state index in [1.165, 1.54) is 11.6 Å². The lowest BCUT2D eigenvalue weighted by Gasteiger charge is -2.39. The van der Waals surface area contributed by atoms with Crippen LogP contribution in [0.4, 0.5) is 4.39 Å². The van der Waals surface area contributed by atoms with Gasteiger partial charge in [0.1, 0.15) is 5.82 Å². The van der Waals surface area contributed by atoms with E-state index in [0.29, 0.717) is 5.92 Å². The molecule has 0 aliphatic carbocycles. The lowest BCUT2D eigenvalue weighted by Crippen LogP contribution is -2.41. The zero-order valence-corrected chi connectivity index (χ0v) is 11.4. The number of aromatic nitrogens is 1. The molecule has 2 heterocycles. The van der Waals surface area contributed by atoms with Crippen molar-refractivity contribution in [1.82, 2.24) is 10.3 Å². The first kappa shape index (κ1) is 12.5. The van der Waals surface area contributed by atoms with Crippen LogP contribution < -0.4 is 5.32 Å². The van der Waals surface area contributed by atoms with Gasteiger partial charge >= 0.3 is 0 Å². The number of rotatable bonds is 1. The van der Waals surface area contributed by atoms with Crippen molar-refractivity contribution in [1.29, 1.82) is 0 Å². The molecule has 100 valence electrons. The summed E-state index contributed by atoms with van der Waals surface area (Å²) in [6.07, 6.45) is 2.93. The topological polar surface area (TPSA) is 24.9 Å². The van der Waals surface area contributed by atoms with Crippen molar-refractivity contribution in [2.24, 2.45) is 5.41 Å². The SMILES string of the molecule is CC1(C)CNCCC1c1ccnc2ccc(F)cc12. The number of hydrogen-bond acceptors (Lipinski definition) is 2. The molecule has 1 atom stereocenters. The van der Waals surface area contributed by atoms with Crippen LogP contribution in [0.1, 0.15) is 31.7 Å². The van der Waals surface area contributed by atoms with Crippen molar-refractivity contribution < 1.29 is 4.39 Å². The van der Waals surface area contributed by atoms with Crippen LogP contribution >= 0.6 is 0 Å². The molecule has 1 saturated heterocycles. The van der Waals surface area contributed by atoms with Gasteiger partial charge in [0.2, 0.25) is 0 Å². The molecule has 1 unspecified atom stereocenters. The van der Waals surface area contributed by atoms with Crippen LogP contribution in [0.3, 0.4) is 0 Å². The highest BCUT2D eigenvalue weighted by molar-refractivity contribution is 5.82. The van der Waals surface area contributed by atoms with Gasteiger partial charge in [0, 0.05) is 18.1 Å². The van der Waals surface area contributed by atoms with Crippen molar-refractivity contribution in [3.63, 3.8) is 0 Å². The third-order valence-electron chi connectivity index (χ3n) is 4.25. The summed E-state index contributed by atoms with van der Waals surface area (Å²) in [7, 11) is 0. The Morgan fingerprint density at radius 1 is 1.32 bits per heavy atom. The summed E-state index contributed by atoms with van der Waals surface area (Å²) in [4.78, 5) is 4.34. The van der Waals surface area contributed by atoms with E-state index in [-0.39, 0.29) is 11.2 Å². The van der Waals surface area contributed by atoms with E-state index >= 15 is 0 Å². The van der Waals surface area contributed by atoms with Gasteiger partial charge in [0.15, 0.2) is 0 Å². The molecule has 0 saturated carbocycles. The fourth-order valence-corrected chi connectivity index (χ4v) is 3.19. The Hall–Kier alpha value is -1.48. The minimum Gasteiger partial charge on any atom is -0.316 e. The normalized spacial score (nSPS) is 22.6. The van der Waals surface area contributed by atoms with E-state index in [2.05, 4.69) is 30.2 Å². The molecular formula is C16H19FN2. The second-order valence-electron chi connectivity index (χ2n) is 6.07. The molecule has 1 aromatic heterocycles. The molecular weight excluding hydrogens is 239 g/mol. The molecule has 1 fully saturated rings. The first-order valence-electron chi connectivity index (χ1n) is 6.83. The predicted octanol–water partition coefficient (Wildman–Crippen LogP) is 3.48. The van der Waals surface area contributed by atoms with Gasteiger partial charge in [0.05, 0.1) is 5.52 Å². The summed E-state index contributed by atoms with van der Waals surface area (Å²) in [5.41, 5.74) is 2.29. The Labute approximate surface area is 113 Å². The molecule has 0 spiro atoms. The molecule has 0 radical (unpaired) electrons. The van der Waals surface area contributed by atoms with Gasteiger partial charge in [-0.15, -0.1) is 0 Å². The zero-order valence-electron chi connectivity index (χ0n) is 11.4. The van der Waals surface area contributed by atoms with Gasteiger partial charge in [-0.3, -0.25) is 4.98 Å². The average Bonchev–Trinajstić information content (AvgIpc) is 2.38. The summed E-state index contributed by atoms with van der Waals surface area (Å²) in [5.74, 6) is 0.259. The Kier molecular flexibility index (Phi) is 3.02. The third-order valence-corrected chi connectivity index (χ3v) is 4.25. The highest BCUT2D eigenvalue weighted by Crippen LogP contribution is 2.41. The van der Waals surface area contributed by atoms with Crippen LogP contribution in [-0.2, 0) is 0 Å². The summed E-state index contributed by atoms with van der Waals surface area (Å²) in [6.45, 7) is 6.56. The fraction of sp³-hybridized carbons (Fsp3) is 0.438. The molecule has 0 bridgehead atoms. The molecule has 2 nitrogen and oxygen atoms in total. The summed E-state index contributed by atoms with van der Waals surface area (Å²) in [5, 5.41) is 4.41. The number of fused-ring (bicyclic) bond motifs is 1. The van der Waals surface area contributed by atoms with Crippen molar-refractivity contribution in [2.45, 2.75) is 26.2 Å². The van der Waals surface area contributed by atoms with Gasteiger partial charge in [-0.2, -0.15) is 0 Å². The smallest absolute Gasteiger partial charge is 0.123 e. The molecule has 2 aromatic rings. The number of nitrogens with zero attached hydrogens (tertiary/aromatic N) is 1. The second kappa shape index (κ2) is 4.57. The number of benzene rings is 1. The third kappa shape index (κ3) is 2.23. The largest absolute Gasteiger partial charge is 0.316 e. The van der Waals surface area contributed by atoms with Crippen LogP contribution in [0.2, 0.25) is 0 Å². The maximum Gasteiger partial charge on any atom is 0.123 e. The van der Waals surface area contributed by atoms with Gasteiger partial charge in [-0.1, -0.05) is 13.8 Å². The molecule has 1 N–H and O–H groups in total. The standard InChI is InChI=1S/C16H19FN2/c1-16(2)10-18-7-6-14(16)12-5-8-19-15-4-3-11(17)9-13(12)15/h3-5,8-9,14,18H,6-7,10H2,1-2H3. The van der Waals surface area contributed by atoms with Crippen molar-refractivity contribution in [2.75, 3.05) is 13.1 Å². The number of piperidine rings is 1. The summed E-state index contributed by atoms with van der Waals surface area (Å²) in [6, 6.07) is 6.92. The molecule has 1 aliphatic rings. The van der Waals surface area contributed by atoms with E-state index in [9.17, 15) is 4.39 Å². The van der Waals surface area contributed by atoms with E-state index in [0.717, 1.165) is 30.4 Å². The number of hydrogen-bond donors (Lipinski definition) is 1. The minimum atomic E-state index is -0.187. The number of nitrogens with one attached hydrogen (secondary N) is 1. The maximum absolute atomic E-state index is 13.5. The Morgan fingerprint density at radius 2 is 2.16 bits per heavy atom. The maximum atomic E-state index is 13.5. The van der Waals surface area contributed by atoms with Crippen LogP contribution in [0.5, 0.6) is 0 Å². The van der Waals surface area contributed by atoms with Gasteiger partial charge in [-0.25, -0.2) is 4.39 Å². The van der Waals surface area contributed by atoms with Crippen molar-refractivity contribution >= 4 is 10.9 Å². The second-order valence-corrected chi connectivity index (χ2v) is 6.07. The van der Waals surface area contributed by atoms with Gasteiger partial charge in [0.25, 0.3) is 0 Å². The Morgan fingerprint density at radius 3 is 2.95 bits per heavy atom. The van der Waals surface area contributed by atoms with Gasteiger partial charge < -0.3 is 5.32 Å². The summed E-state index contributed by atoms with van der Waals surface area (Å²) < 4.78 is 13.5. The molecule has 3 rings (SSSR count). The fourth-order valence-electron chi connectivity index (χ4n) is 3.19. The van der Waals surface area contributed by atoms with E-state index in [1.807, 2.05) is 6.20 Å². The first-order chi connectivity index (χ1) is 9.08. The van der Waals surface area contributed by atoms with Gasteiger partial charge in [-0.05, 0) is 54.1 Å². The quantitative estimate of drug-likeness (QED) is 0.847. The minimum absolute atomic E-state index is 0.179. The van der Waals surface area contributed by atoms with Crippen molar-refractivity contribution in [3.8, 4) is 0 Å². The predicted molar refractivity (Wildman–Crippen MR) is 75.7 cm³/mol. The van der Waals surface area contributed by atoms with Crippen LogP contribution in [0.25, 0.3) is 10.9 Å².